The zero-order valence-electron chi connectivity index (χ0n) is 23.3. The lowest BCUT2D eigenvalue weighted by Gasteiger charge is -2.18. The maximum Gasteiger partial charge on any atom is 0.407 e. The molecule has 10 N–H and O–H groups in total. The Morgan fingerprint density at radius 1 is 1.00 bits per heavy atom. The van der Waals surface area contributed by atoms with E-state index in [2.05, 4.69) is 31.3 Å². The van der Waals surface area contributed by atoms with Gasteiger partial charge >= 0.3 is 18.0 Å². The fourth-order valence-electron chi connectivity index (χ4n) is 3.08. The molecule has 0 fully saturated rings. The van der Waals surface area contributed by atoms with Crippen LogP contribution in [0.4, 0.5) is 16.2 Å². The number of nitrogens with one attached hydrogen (secondary N) is 6. The Kier molecular flexibility index (Phi) is 18.2. The van der Waals surface area contributed by atoms with Crippen molar-refractivity contribution in [2.75, 3.05) is 32.1 Å². The van der Waals surface area contributed by atoms with Gasteiger partial charge in [-0.1, -0.05) is 19.8 Å². The van der Waals surface area contributed by atoms with Gasteiger partial charge < -0.3 is 47.3 Å². The summed E-state index contributed by atoms with van der Waals surface area (Å²) in [5, 5.41) is 47.0. The van der Waals surface area contributed by atoms with Crippen LogP contribution in [0.25, 0.3) is 0 Å². The number of ether oxygens (including phenoxy) is 1. The number of anilines is 1. The molecule has 0 aliphatic heterocycles. The number of hydrogen-bond acceptors (Lipinski definition) is 10. The Labute approximate surface area is 241 Å². The summed E-state index contributed by atoms with van der Waals surface area (Å²) in [5.74, 6) is -3.66. The summed E-state index contributed by atoms with van der Waals surface area (Å²) in [6, 6.07) is 3.55. The predicted octanol–water partition coefficient (Wildman–Crippen LogP) is -0.0586. The quantitative estimate of drug-likeness (QED) is 0.0374. The van der Waals surface area contributed by atoms with Crippen LogP contribution in [-0.2, 0) is 23.9 Å². The minimum absolute atomic E-state index is 0.0223. The minimum Gasteiger partial charge on any atom is -0.480 e. The van der Waals surface area contributed by atoms with Crippen molar-refractivity contribution in [3.05, 3.63) is 34.4 Å². The SMILES string of the molecule is CCCC[C@H](NC(=O)OC)C(=O)NCC(=O)N[C@@H](CCCNC(=N)N)C(=O)O.O=C(O)CNc1ccc([N+](=O)[O-])cc1. The van der Waals surface area contributed by atoms with E-state index in [0.717, 1.165) is 6.42 Å². The molecule has 1 rings (SSSR count). The van der Waals surface area contributed by atoms with Crippen LogP contribution >= 0.6 is 0 Å². The number of nitro benzene ring substituents is 1. The molecule has 0 aliphatic rings. The van der Waals surface area contributed by atoms with E-state index in [1.54, 1.807) is 0 Å². The van der Waals surface area contributed by atoms with E-state index in [-0.39, 0.29) is 24.6 Å². The lowest BCUT2D eigenvalue weighted by molar-refractivity contribution is -0.384. The van der Waals surface area contributed by atoms with Crippen molar-refractivity contribution >= 4 is 47.2 Å². The normalized spacial score (nSPS) is 11.3. The predicted molar refractivity (Wildman–Crippen MR) is 150 cm³/mol. The number of unbranched alkanes of at least 4 members (excludes halogenated alkanes) is 1. The second kappa shape index (κ2) is 20.7. The van der Waals surface area contributed by atoms with Gasteiger partial charge in [0.15, 0.2) is 5.96 Å². The Bertz CT molecular complexity index is 1070. The summed E-state index contributed by atoms with van der Waals surface area (Å²) in [5.41, 5.74) is 5.64. The highest BCUT2D eigenvalue weighted by Gasteiger charge is 2.23. The van der Waals surface area contributed by atoms with E-state index in [0.29, 0.717) is 31.5 Å². The van der Waals surface area contributed by atoms with E-state index >= 15 is 0 Å². The topological polar surface area (TPSA) is 288 Å². The van der Waals surface area contributed by atoms with Gasteiger partial charge in [-0.15, -0.1) is 0 Å². The largest absolute Gasteiger partial charge is 0.480 e. The average molecular weight is 599 g/mol. The van der Waals surface area contributed by atoms with Crippen molar-refractivity contribution in [1.29, 1.82) is 5.41 Å². The van der Waals surface area contributed by atoms with Crippen molar-refractivity contribution in [3.8, 4) is 0 Å². The molecule has 0 saturated carbocycles. The molecular weight excluding hydrogens is 560 g/mol. The van der Waals surface area contributed by atoms with Crippen LogP contribution in [0, 0.1) is 15.5 Å². The highest BCUT2D eigenvalue weighted by molar-refractivity contribution is 5.90. The number of methoxy groups -OCH3 is 1. The molecule has 0 bridgehead atoms. The second-order valence-corrected chi connectivity index (χ2v) is 8.54. The van der Waals surface area contributed by atoms with Crippen LogP contribution in [-0.4, -0.2) is 89.8 Å². The van der Waals surface area contributed by atoms with Crippen LogP contribution in [0.5, 0.6) is 0 Å². The Balaban J connectivity index is 0.000000996. The number of non-ortho nitro benzene ring substituents is 1. The minimum atomic E-state index is -1.21. The van der Waals surface area contributed by atoms with Crippen molar-refractivity contribution < 1.29 is 43.8 Å². The van der Waals surface area contributed by atoms with Gasteiger partial charge in [0.25, 0.3) is 5.69 Å². The molecule has 0 unspecified atom stereocenters. The molecule has 18 nitrogen and oxygen atoms in total. The zero-order valence-corrected chi connectivity index (χ0v) is 23.3. The number of carbonyl (C=O) groups is 5. The molecule has 1 aromatic rings. The van der Waals surface area contributed by atoms with E-state index in [4.69, 9.17) is 21.4 Å². The van der Waals surface area contributed by atoms with Gasteiger partial charge in [0.1, 0.15) is 18.6 Å². The summed E-state index contributed by atoms with van der Waals surface area (Å²) in [4.78, 5) is 66.6. The maximum absolute atomic E-state index is 12.2. The van der Waals surface area contributed by atoms with E-state index in [1.807, 2.05) is 6.92 Å². The number of aliphatic carboxylic acids is 2. The molecule has 0 spiro atoms. The van der Waals surface area contributed by atoms with Crippen LogP contribution in [0.1, 0.15) is 39.0 Å². The number of guanidine groups is 1. The number of rotatable bonds is 17. The van der Waals surface area contributed by atoms with Gasteiger partial charge in [-0.2, -0.15) is 0 Å². The summed E-state index contributed by atoms with van der Waals surface area (Å²) >= 11 is 0. The number of nitrogens with zero attached hydrogens (tertiary/aromatic N) is 1. The monoisotopic (exact) mass is 598 g/mol. The summed E-state index contributed by atoms with van der Waals surface area (Å²) in [7, 11) is 1.18. The Hall–Kier alpha value is -5.16. The third kappa shape index (κ3) is 17.4. The number of hydrogen-bond donors (Lipinski definition) is 9. The van der Waals surface area contributed by atoms with Crippen LogP contribution in [0.3, 0.4) is 0 Å². The molecule has 18 heteroatoms. The number of carboxylic acid groups (broad SMARTS) is 2. The number of benzene rings is 1. The van der Waals surface area contributed by atoms with Crippen LogP contribution < -0.4 is 32.3 Å². The number of nitro groups is 1. The molecule has 42 heavy (non-hydrogen) atoms. The fourth-order valence-corrected chi connectivity index (χ4v) is 3.08. The Morgan fingerprint density at radius 3 is 2.12 bits per heavy atom. The number of carbonyl (C=O) groups excluding carboxylic acids is 3. The first-order chi connectivity index (χ1) is 19.8. The summed E-state index contributed by atoms with van der Waals surface area (Å²) < 4.78 is 4.48. The van der Waals surface area contributed by atoms with E-state index in [9.17, 15) is 34.1 Å². The van der Waals surface area contributed by atoms with Crippen molar-refractivity contribution in [2.45, 2.75) is 51.1 Å². The molecule has 0 heterocycles. The average Bonchev–Trinajstić information content (AvgIpc) is 2.94. The van der Waals surface area contributed by atoms with Gasteiger partial charge in [-0.3, -0.25) is 29.9 Å². The second-order valence-electron chi connectivity index (χ2n) is 8.54. The molecule has 0 aliphatic carbocycles. The molecule has 0 aromatic heterocycles. The highest BCUT2D eigenvalue weighted by atomic mass is 16.6. The smallest absolute Gasteiger partial charge is 0.407 e. The van der Waals surface area contributed by atoms with Gasteiger partial charge in [0.2, 0.25) is 11.8 Å². The zero-order chi connectivity index (χ0) is 32.1. The van der Waals surface area contributed by atoms with E-state index in [1.165, 1.54) is 31.4 Å². The van der Waals surface area contributed by atoms with Gasteiger partial charge in [-0.25, -0.2) is 9.59 Å². The van der Waals surface area contributed by atoms with Gasteiger partial charge in [0, 0.05) is 24.4 Å². The van der Waals surface area contributed by atoms with E-state index < -0.39 is 53.4 Å². The van der Waals surface area contributed by atoms with Crippen molar-refractivity contribution in [1.82, 2.24) is 21.3 Å². The lowest BCUT2D eigenvalue weighted by atomic mass is 10.1. The third-order valence-corrected chi connectivity index (χ3v) is 5.20. The number of nitrogens with two attached hydrogens (primary N) is 1. The molecular formula is C24H38N8O10. The standard InChI is InChI=1S/C16H30N6O6.C8H8N2O4/c1-3-4-6-10(22-16(27)28-2)13(24)20-9-12(23)21-11(14(25)26)7-5-8-19-15(17)18;11-8(12)5-9-6-1-3-7(4-2-6)10(13)14/h10-11H,3-9H2,1-2H3,(H,20,24)(H,21,23)(H,22,27)(H,25,26)(H4,17,18,19);1-4,9H,5H2,(H,11,12)/t10-,11-;/m0./s1. The molecule has 3 amide bonds. The first-order valence-electron chi connectivity index (χ1n) is 12.7. The number of carboxylic acids is 2. The molecule has 0 radical (unpaired) electrons. The molecule has 2 atom stereocenters. The van der Waals surface area contributed by atoms with Crippen LogP contribution in [0.15, 0.2) is 24.3 Å². The van der Waals surface area contributed by atoms with Crippen molar-refractivity contribution in [2.24, 2.45) is 5.73 Å². The van der Waals surface area contributed by atoms with Gasteiger partial charge in [0.05, 0.1) is 18.6 Å². The Morgan fingerprint density at radius 2 is 1.62 bits per heavy atom. The molecule has 0 saturated heterocycles. The first kappa shape index (κ1) is 36.8. The van der Waals surface area contributed by atoms with Crippen LogP contribution in [0.2, 0.25) is 0 Å². The highest BCUT2D eigenvalue weighted by Crippen LogP contribution is 2.14. The van der Waals surface area contributed by atoms with Gasteiger partial charge in [-0.05, 0) is 31.4 Å². The lowest BCUT2D eigenvalue weighted by Crippen LogP contribution is -2.50. The summed E-state index contributed by atoms with van der Waals surface area (Å²) in [6.45, 7) is 1.58. The number of amides is 3. The number of alkyl carbamates (subject to hydrolysis) is 1. The third-order valence-electron chi connectivity index (χ3n) is 5.20. The maximum atomic E-state index is 12.2. The molecule has 1 aromatic carbocycles. The molecule has 234 valence electrons. The fraction of sp³-hybridized carbons (Fsp3) is 0.500. The first-order valence-corrected chi connectivity index (χ1v) is 12.7. The van der Waals surface area contributed by atoms with Crippen molar-refractivity contribution in [3.63, 3.8) is 0 Å². The summed E-state index contributed by atoms with van der Waals surface area (Å²) in [6.07, 6.45) is 1.60.